The van der Waals surface area contributed by atoms with E-state index >= 15 is 0 Å². The number of hydrogen-bond acceptors (Lipinski definition) is 9. The van der Waals surface area contributed by atoms with Crippen LogP contribution in [-0.2, 0) is 20.7 Å². The summed E-state index contributed by atoms with van der Waals surface area (Å²) >= 11 is 6.40. The van der Waals surface area contributed by atoms with E-state index in [1.54, 1.807) is 57.0 Å². The van der Waals surface area contributed by atoms with Gasteiger partial charge in [0.1, 0.15) is 12.1 Å². The number of ether oxygens (including phenoxy) is 1. The highest BCUT2D eigenvalue weighted by Gasteiger charge is 2.27. The molecule has 2 heterocycles. The van der Waals surface area contributed by atoms with Gasteiger partial charge in [0.2, 0.25) is 11.8 Å². The fourth-order valence-electron chi connectivity index (χ4n) is 5.49. The van der Waals surface area contributed by atoms with Gasteiger partial charge in [0.15, 0.2) is 0 Å². The lowest BCUT2D eigenvalue weighted by atomic mass is 9.93. The molecule has 4 amide bonds. The van der Waals surface area contributed by atoms with Crippen molar-refractivity contribution in [3.63, 3.8) is 0 Å². The first-order valence-corrected chi connectivity index (χ1v) is 17.2. The van der Waals surface area contributed by atoms with E-state index in [0.717, 1.165) is 33.1 Å². The first-order valence-electron chi connectivity index (χ1n) is 16.8. The maximum absolute atomic E-state index is 12.8. The van der Waals surface area contributed by atoms with Crippen molar-refractivity contribution in [2.45, 2.75) is 64.9 Å². The smallest absolute Gasteiger partial charge is 0.407 e. The van der Waals surface area contributed by atoms with Gasteiger partial charge in [0.05, 0.1) is 11.4 Å². The van der Waals surface area contributed by atoms with Crippen molar-refractivity contribution in [3.8, 4) is 5.69 Å². The molecule has 0 radical (unpaired) electrons. The van der Waals surface area contributed by atoms with E-state index in [2.05, 4.69) is 42.4 Å². The second-order valence-corrected chi connectivity index (χ2v) is 13.6. The van der Waals surface area contributed by atoms with E-state index in [-0.39, 0.29) is 30.6 Å². The number of amides is 4. The SMILES string of the molecule is CN1C(=O)CN=C(c2cccc(CCCNC(=O)c3nnn(-c4ccc(NC(=O)CCCNC(=O)OC(C)(C)C)cc4)n3)c2)C2=C1CCC(Cl)=C2. The number of rotatable bonds is 12. The fraction of sp³-hybridized carbons (Fsp3) is 0.389. The quantitative estimate of drug-likeness (QED) is 0.227. The highest BCUT2D eigenvalue weighted by molar-refractivity contribution is 6.31. The van der Waals surface area contributed by atoms with Gasteiger partial charge in [-0.1, -0.05) is 29.8 Å². The van der Waals surface area contributed by atoms with E-state index in [9.17, 15) is 19.2 Å². The third-order valence-corrected chi connectivity index (χ3v) is 8.29. The molecule has 268 valence electrons. The zero-order valence-electron chi connectivity index (χ0n) is 29.2. The second kappa shape index (κ2) is 16.6. The summed E-state index contributed by atoms with van der Waals surface area (Å²) in [5.74, 6) is -0.757. The van der Waals surface area contributed by atoms with Crippen LogP contribution in [0.3, 0.4) is 0 Å². The molecule has 0 saturated heterocycles. The first-order chi connectivity index (χ1) is 24.4. The second-order valence-electron chi connectivity index (χ2n) is 13.2. The van der Waals surface area contributed by atoms with Gasteiger partial charge in [-0.3, -0.25) is 19.4 Å². The van der Waals surface area contributed by atoms with Crippen molar-refractivity contribution in [1.82, 2.24) is 35.7 Å². The van der Waals surface area contributed by atoms with Crippen LogP contribution < -0.4 is 16.0 Å². The van der Waals surface area contributed by atoms with Crippen molar-refractivity contribution in [1.29, 1.82) is 0 Å². The molecular weight excluding hydrogens is 674 g/mol. The average molecular weight is 716 g/mol. The summed E-state index contributed by atoms with van der Waals surface area (Å²) in [5, 5.41) is 21.1. The van der Waals surface area contributed by atoms with Crippen LogP contribution in [0.4, 0.5) is 10.5 Å². The van der Waals surface area contributed by atoms with Gasteiger partial charge in [-0.25, -0.2) is 4.79 Å². The average Bonchev–Trinajstić information content (AvgIpc) is 3.55. The van der Waals surface area contributed by atoms with Gasteiger partial charge in [-0.2, -0.15) is 0 Å². The van der Waals surface area contributed by atoms with E-state index in [1.807, 2.05) is 24.3 Å². The molecule has 0 atom stereocenters. The third-order valence-electron chi connectivity index (χ3n) is 7.99. The van der Waals surface area contributed by atoms with Gasteiger partial charge in [0, 0.05) is 54.1 Å². The Morgan fingerprint density at radius 1 is 1.00 bits per heavy atom. The number of alkyl carbamates (subject to hydrolysis) is 1. The number of tetrazole rings is 1. The van der Waals surface area contributed by atoms with E-state index in [0.29, 0.717) is 56.6 Å². The molecule has 14 nitrogen and oxygen atoms in total. The van der Waals surface area contributed by atoms with Crippen LogP contribution in [0, 0.1) is 0 Å². The lowest BCUT2D eigenvalue weighted by Gasteiger charge is -2.24. The molecule has 0 bridgehead atoms. The molecule has 0 unspecified atom stereocenters. The Morgan fingerprint density at radius 2 is 1.76 bits per heavy atom. The van der Waals surface area contributed by atoms with Gasteiger partial charge in [0.25, 0.3) is 11.7 Å². The molecule has 5 rings (SSSR count). The number of aromatic nitrogens is 4. The summed E-state index contributed by atoms with van der Waals surface area (Å²) < 4.78 is 5.17. The number of halogens is 1. The molecule has 0 spiro atoms. The van der Waals surface area contributed by atoms with Crippen LogP contribution >= 0.6 is 11.6 Å². The number of carbonyl (C=O) groups is 4. The molecule has 3 N–H and O–H groups in total. The molecule has 2 aliphatic rings. The Hall–Kier alpha value is -5.37. The normalized spacial score (nSPS) is 14.6. The largest absolute Gasteiger partial charge is 0.444 e. The van der Waals surface area contributed by atoms with E-state index in [1.165, 1.54) is 4.80 Å². The van der Waals surface area contributed by atoms with Crippen LogP contribution in [0.1, 0.15) is 74.6 Å². The van der Waals surface area contributed by atoms with E-state index < -0.39 is 17.6 Å². The fourth-order valence-corrected chi connectivity index (χ4v) is 5.69. The Balaban J connectivity index is 1.07. The molecule has 0 saturated carbocycles. The van der Waals surface area contributed by atoms with Crippen molar-refractivity contribution >= 4 is 46.8 Å². The summed E-state index contributed by atoms with van der Waals surface area (Å²) in [4.78, 5) is 56.9. The lowest BCUT2D eigenvalue weighted by Crippen LogP contribution is -2.33. The van der Waals surface area contributed by atoms with Crippen molar-refractivity contribution in [2.24, 2.45) is 4.99 Å². The maximum Gasteiger partial charge on any atom is 0.407 e. The third kappa shape index (κ3) is 10.3. The van der Waals surface area contributed by atoms with Crippen molar-refractivity contribution < 1.29 is 23.9 Å². The van der Waals surface area contributed by atoms with E-state index in [4.69, 9.17) is 16.3 Å². The zero-order valence-corrected chi connectivity index (χ0v) is 29.9. The highest BCUT2D eigenvalue weighted by Crippen LogP contribution is 2.32. The number of nitrogens with one attached hydrogen (secondary N) is 3. The topological polar surface area (TPSA) is 173 Å². The number of nitrogens with zero attached hydrogens (tertiary/aromatic N) is 6. The van der Waals surface area contributed by atoms with Crippen molar-refractivity contribution in [3.05, 3.63) is 87.9 Å². The van der Waals surface area contributed by atoms with Crippen LogP contribution in [0.2, 0.25) is 0 Å². The number of aryl methyl sites for hydroxylation is 1. The lowest BCUT2D eigenvalue weighted by molar-refractivity contribution is -0.126. The minimum atomic E-state index is -0.582. The molecule has 1 aliphatic carbocycles. The maximum atomic E-state index is 12.8. The van der Waals surface area contributed by atoms with Crippen LogP contribution in [0.5, 0.6) is 0 Å². The molecular formula is C36H42ClN9O5. The Morgan fingerprint density at radius 3 is 2.53 bits per heavy atom. The van der Waals surface area contributed by atoms with Gasteiger partial charge >= 0.3 is 6.09 Å². The summed E-state index contributed by atoms with van der Waals surface area (Å²) in [5.41, 5.74) is 5.10. The molecule has 1 aliphatic heterocycles. The summed E-state index contributed by atoms with van der Waals surface area (Å²) in [7, 11) is 1.78. The van der Waals surface area contributed by atoms with Gasteiger partial charge < -0.3 is 25.6 Å². The molecule has 15 heteroatoms. The van der Waals surface area contributed by atoms with Crippen LogP contribution in [0.15, 0.2) is 75.9 Å². The molecule has 1 aromatic heterocycles. The Labute approximate surface area is 301 Å². The Kier molecular flexibility index (Phi) is 12.0. The molecule has 2 aromatic carbocycles. The summed E-state index contributed by atoms with van der Waals surface area (Å²) in [6.45, 7) is 6.13. The molecule has 0 fully saturated rings. The molecule has 3 aromatic rings. The van der Waals surface area contributed by atoms with Crippen molar-refractivity contribution in [2.75, 3.05) is 32.0 Å². The number of hydrogen-bond donors (Lipinski definition) is 3. The monoisotopic (exact) mass is 715 g/mol. The minimum Gasteiger partial charge on any atom is -0.444 e. The number of allylic oxidation sites excluding steroid dienone is 4. The molecule has 51 heavy (non-hydrogen) atoms. The predicted molar refractivity (Wildman–Crippen MR) is 193 cm³/mol. The number of aliphatic imine (C=N–C) groups is 1. The highest BCUT2D eigenvalue weighted by atomic mass is 35.5. The van der Waals surface area contributed by atoms with Gasteiger partial charge in [-0.05, 0) is 100 Å². The first kappa shape index (κ1) is 36.9. The van der Waals surface area contributed by atoms with Crippen LogP contribution in [-0.4, -0.2) is 86.9 Å². The summed E-state index contributed by atoms with van der Waals surface area (Å²) in [6.07, 6.45) is 4.81. The Bertz CT molecular complexity index is 1880. The standard InChI is InChI=1S/C36H42ClN9O5/c1-36(2,3)51-35(50)39-19-7-11-30(47)41-26-13-15-27(16-14-26)46-43-33(42-44-46)34(49)38-18-6-9-23-8-5-10-24(20-23)32-28-21-25(37)12-17-29(28)45(4)31(48)22-40-32/h5,8,10,13-16,20-21H,6-7,9,11-12,17-19,22H2,1-4H3,(H,38,49)(H,39,50)(H,41,47). The van der Waals surface area contributed by atoms with Crippen LogP contribution in [0.25, 0.3) is 5.69 Å². The number of anilines is 1. The van der Waals surface area contributed by atoms with Gasteiger partial charge in [-0.15, -0.1) is 15.0 Å². The number of benzene rings is 2. The summed E-state index contributed by atoms with van der Waals surface area (Å²) in [6, 6.07) is 14.8. The number of likely N-dealkylation sites (N-methyl/N-ethyl adjacent to an activating group) is 1. The number of carbonyl (C=O) groups excluding carboxylic acids is 4. The minimum absolute atomic E-state index is 0.0517. The predicted octanol–water partition coefficient (Wildman–Crippen LogP) is 4.70. The zero-order chi connectivity index (χ0) is 36.5.